The first kappa shape index (κ1) is 10.1. The van der Waals surface area contributed by atoms with Gasteiger partial charge in [0.1, 0.15) is 0 Å². The van der Waals surface area contributed by atoms with Crippen molar-refractivity contribution in [3.8, 4) is 0 Å². The maximum atomic E-state index is 5.33. The zero-order valence-electron chi connectivity index (χ0n) is 9.91. The van der Waals surface area contributed by atoms with Gasteiger partial charge in [-0.3, -0.25) is 4.90 Å². The molecule has 0 aromatic heterocycles. The molecule has 1 saturated carbocycles. The van der Waals surface area contributed by atoms with Crippen LogP contribution in [0.4, 0.5) is 0 Å². The van der Waals surface area contributed by atoms with Crippen LogP contribution in [-0.4, -0.2) is 62.3 Å². The van der Waals surface area contributed by atoms with Crippen LogP contribution >= 0.6 is 0 Å². The van der Waals surface area contributed by atoms with Gasteiger partial charge in [-0.05, 0) is 32.9 Å². The number of hydrogen-bond acceptors (Lipinski definition) is 3. The maximum Gasteiger partial charge on any atom is 0.0601 e. The molecule has 3 nitrogen and oxygen atoms in total. The van der Waals surface area contributed by atoms with Crippen molar-refractivity contribution in [1.82, 2.24) is 9.80 Å². The Hall–Kier alpha value is -0.120. The molecule has 0 aromatic rings. The molecule has 3 heteroatoms. The quantitative estimate of drug-likeness (QED) is 0.670. The van der Waals surface area contributed by atoms with Gasteiger partial charge in [0.25, 0.3) is 0 Å². The van der Waals surface area contributed by atoms with Gasteiger partial charge in [-0.1, -0.05) is 0 Å². The largest absolute Gasteiger partial charge is 0.381 e. The first-order chi connectivity index (χ1) is 7.21. The highest BCUT2D eigenvalue weighted by Gasteiger charge is 2.50. The van der Waals surface area contributed by atoms with E-state index in [1.807, 2.05) is 7.11 Å². The second-order valence-electron chi connectivity index (χ2n) is 5.88. The third kappa shape index (κ3) is 1.61. The van der Waals surface area contributed by atoms with Crippen molar-refractivity contribution in [2.24, 2.45) is 5.41 Å². The van der Waals surface area contributed by atoms with Crippen LogP contribution in [0, 0.1) is 5.41 Å². The number of hydrogen-bond donors (Lipinski definition) is 0. The number of likely N-dealkylation sites (tertiary alicyclic amines) is 2. The molecular formula is C12H22N2O. The molecule has 0 amide bonds. The molecule has 0 atom stereocenters. The minimum Gasteiger partial charge on any atom is -0.381 e. The SMILES string of the molecule is COC1CC(N2CC3(CCN(C)C3)C2)C1. The molecule has 1 spiro atoms. The predicted molar refractivity (Wildman–Crippen MR) is 59.9 cm³/mol. The molecule has 3 fully saturated rings. The van der Waals surface area contributed by atoms with E-state index < -0.39 is 0 Å². The zero-order valence-corrected chi connectivity index (χ0v) is 9.91. The van der Waals surface area contributed by atoms with Gasteiger partial charge < -0.3 is 9.64 Å². The number of rotatable bonds is 2. The Morgan fingerprint density at radius 2 is 1.93 bits per heavy atom. The molecule has 0 radical (unpaired) electrons. The van der Waals surface area contributed by atoms with E-state index >= 15 is 0 Å². The molecule has 0 N–H and O–H groups in total. The van der Waals surface area contributed by atoms with Gasteiger partial charge in [0, 0.05) is 38.2 Å². The molecule has 3 aliphatic rings. The van der Waals surface area contributed by atoms with Crippen LogP contribution in [0.25, 0.3) is 0 Å². The molecular weight excluding hydrogens is 188 g/mol. The maximum absolute atomic E-state index is 5.33. The molecule has 1 aliphatic carbocycles. The average molecular weight is 210 g/mol. The topological polar surface area (TPSA) is 15.7 Å². The number of methoxy groups -OCH3 is 1. The smallest absolute Gasteiger partial charge is 0.0601 e. The van der Waals surface area contributed by atoms with Crippen molar-refractivity contribution in [1.29, 1.82) is 0 Å². The summed E-state index contributed by atoms with van der Waals surface area (Å²) in [4.78, 5) is 5.16. The van der Waals surface area contributed by atoms with Crippen molar-refractivity contribution in [3.63, 3.8) is 0 Å². The molecule has 15 heavy (non-hydrogen) atoms. The Labute approximate surface area is 92.4 Å². The highest BCUT2D eigenvalue weighted by Crippen LogP contribution is 2.43. The van der Waals surface area contributed by atoms with E-state index in [2.05, 4.69) is 16.8 Å². The summed E-state index contributed by atoms with van der Waals surface area (Å²) in [5.41, 5.74) is 0.674. The third-order valence-corrected chi connectivity index (χ3v) is 4.63. The van der Waals surface area contributed by atoms with Gasteiger partial charge in [0.2, 0.25) is 0 Å². The minimum absolute atomic E-state index is 0.554. The fraction of sp³-hybridized carbons (Fsp3) is 1.00. The molecule has 86 valence electrons. The van der Waals surface area contributed by atoms with Gasteiger partial charge in [-0.15, -0.1) is 0 Å². The Morgan fingerprint density at radius 3 is 2.47 bits per heavy atom. The minimum atomic E-state index is 0.554. The molecule has 2 heterocycles. The highest BCUT2D eigenvalue weighted by atomic mass is 16.5. The van der Waals surface area contributed by atoms with E-state index in [4.69, 9.17) is 4.74 Å². The fourth-order valence-electron chi connectivity index (χ4n) is 3.52. The molecule has 0 unspecified atom stereocenters. The van der Waals surface area contributed by atoms with Crippen LogP contribution in [-0.2, 0) is 4.74 Å². The van der Waals surface area contributed by atoms with Crippen LogP contribution in [0.1, 0.15) is 19.3 Å². The molecule has 3 rings (SSSR count). The van der Waals surface area contributed by atoms with Crippen molar-refractivity contribution < 1.29 is 4.74 Å². The first-order valence-corrected chi connectivity index (χ1v) is 6.16. The Balaban J connectivity index is 1.47. The Bertz CT molecular complexity index is 244. The summed E-state index contributed by atoms with van der Waals surface area (Å²) < 4.78 is 5.33. The second kappa shape index (κ2) is 3.44. The van der Waals surface area contributed by atoms with Crippen LogP contribution in [0.15, 0.2) is 0 Å². The number of ether oxygens (including phenoxy) is 1. The molecule has 2 saturated heterocycles. The average Bonchev–Trinajstić information content (AvgIpc) is 2.45. The van der Waals surface area contributed by atoms with Gasteiger partial charge >= 0.3 is 0 Å². The number of nitrogens with zero attached hydrogens (tertiary/aromatic N) is 2. The first-order valence-electron chi connectivity index (χ1n) is 6.16. The van der Waals surface area contributed by atoms with Crippen LogP contribution in [0.2, 0.25) is 0 Å². The van der Waals surface area contributed by atoms with Crippen LogP contribution in [0.5, 0.6) is 0 Å². The lowest BCUT2D eigenvalue weighted by Crippen LogP contribution is -2.64. The zero-order chi connectivity index (χ0) is 10.5. The van der Waals surface area contributed by atoms with E-state index in [0.717, 1.165) is 6.04 Å². The third-order valence-electron chi connectivity index (χ3n) is 4.63. The lowest BCUT2D eigenvalue weighted by molar-refractivity contribution is -0.0948. The highest BCUT2D eigenvalue weighted by molar-refractivity contribution is 5.04. The summed E-state index contributed by atoms with van der Waals surface area (Å²) in [6, 6.07) is 0.839. The van der Waals surface area contributed by atoms with Gasteiger partial charge in [-0.2, -0.15) is 0 Å². The van der Waals surface area contributed by atoms with E-state index in [1.54, 1.807) is 0 Å². The Kier molecular flexibility index (Phi) is 2.31. The summed E-state index contributed by atoms with van der Waals surface area (Å²) in [5.74, 6) is 0. The van der Waals surface area contributed by atoms with Gasteiger partial charge in [0.15, 0.2) is 0 Å². The van der Waals surface area contributed by atoms with Crippen molar-refractivity contribution in [2.75, 3.05) is 40.3 Å². The summed E-state index contributed by atoms with van der Waals surface area (Å²) in [6.07, 6.45) is 4.50. The summed E-state index contributed by atoms with van der Waals surface area (Å²) >= 11 is 0. The summed E-state index contributed by atoms with van der Waals surface area (Å²) in [7, 11) is 4.09. The second-order valence-corrected chi connectivity index (χ2v) is 5.88. The summed E-state index contributed by atoms with van der Waals surface area (Å²) in [5, 5.41) is 0. The fourth-order valence-corrected chi connectivity index (χ4v) is 3.52. The van der Waals surface area contributed by atoms with E-state index in [-0.39, 0.29) is 0 Å². The molecule has 0 bridgehead atoms. The van der Waals surface area contributed by atoms with Crippen LogP contribution < -0.4 is 0 Å². The lowest BCUT2D eigenvalue weighted by atomic mass is 9.75. The molecule has 2 aliphatic heterocycles. The van der Waals surface area contributed by atoms with Gasteiger partial charge in [0.05, 0.1) is 6.10 Å². The van der Waals surface area contributed by atoms with Crippen molar-refractivity contribution >= 4 is 0 Å². The van der Waals surface area contributed by atoms with Crippen LogP contribution in [0.3, 0.4) is 0 Å². The van der Waals surface area contributed by atoms with E-state index in [0.29, 0.717) is 11.5 Å². The van der Waals surface area contributed by atoms with E-state index in [9.17, 15) is 0 Å². The van der Waals surface area contributed by atoms with Crippen molar-refractivity contribution in [3.05, 3.63) is 0 Å². The monoisotopic (exact) mass is 210 g/mol. The standard InChI is InChI=1S/C12H22N2O/c1-13-4-3-12(7-13)8-14(9-12)10-5-11(6-10)15-2/h10-11H,3-9H2,1-2H3. The van der Waals surface area contributed by atoms with Crippen molar-refractivity contribution in [2.45, 2.75) is 31.4 Å². The van der Waals surface area contributed by atoms with E-state index in [1.165, 1.54) is 45.4 Å². The lowest BCUT2D eigenvalue weighted by Gasteiger charge is -2.55. The predicted octanol–water partition coefficient (Wildman–Crippen LogP) is 0.801. The molecule has 0 aromatic carbocycles. The normalized spacial score (nSPS) is 40.4. The van der Waals surface area contributed by atoms with Gasteiger partial charge in [-0.25, -0.2) is 0 Å². The Morgan fingerprint density at radius 1 is 1.20 bits per heavy atom. The summed E-state index contributed by atoms with van der Waals surface area (Å²) in [6.45, 7) is 5.32.